The Kier molecular flexibility index (Phi) is 16.5. The zero-order valence-electron chi connectivity index (χ0n) is 24.9. The minimum atomic E-state index is 0. The van der Waals surface area contributed by atoms with E-state index in [4.69, 9.17) is 0 Å². The second kappa shape index (κ2) is 19.3. The van der Waals surface area contributed by atoms with E-state index in [1.54, 1.807) is 0 Å². The Morgan fingerprint density at radius 2 is 0.949 bits per heavy atom. The van der Waals surface area contributed by atoms with E-state index in [-0.39, 0.29) is 20.4 Å². The summed E-state index contributed by atoms with van der Waals surface area (Å²) in [6, 6.07) is 17.8. The first kappa shape index (κ1) is 33.4. The minimum Gasteiger partial charge on any atom is -0.493 e. The van der Waals surface area contributed by atoms with Gasteiger partial charge in [0.25, 0.3) is 0 Å². The van der Waals surface area contributed by atoms with Crippen molar-refractivity contribution in [2.45, 2.75) is 130 Å². The van der Waals surface area contributed by atoms with Crippen LogP contribution >= 0.6 is 0 Å². The molecule has 1 aliphatic rings. The molecule has 0 unspecified atom stereocenters. The molecule has 0 aliphatic carbocycles. The average molecular weight is 619 g/mol. The second-order valence-electron chi connectivity index (χ2n) is 11.2. The molecule has 0 atom stereocenters. The number of benzene rings is 2. The van der Waals surface area contributed by atoms with Gasteiger partial charge in [-0.2, -0.15) is 0 Å². The summed E-state index contributed by atoms with van der Waals surface area (Å²) in [6.45, 7) is 6.78. The molecular weight excluding hydrogens is 567 g/mol. The Hall–Kier alpha value is -1.82. The number of hydrogen-bond acceptors (Lipinski definition) is 0. The molecule has 2 nitrogen and oxygen atoms in total. The Morgan fingerprint density at radius 3 is 1.44 bits per heavy atom. The van der Waals surface area contributed by atoms with Crippen LogP contribution in [0.15, 0.2) is 60.2 Å². The number of aryl methyl sites for hydroxylation is 2. The van der Waals surface area contributed by atoms with E-state index in [1.807, 2.05) is 0 Å². The molecule has 3 heteroatoms. The third kappa shape index (κ3) is 10.9. The fourth-order valence-corrected chi connectivity index (χ4v) is 5.51. The molecule has 3 rings (SSSR count). The first-order chi connectivity index (χ1) is 18.7. The Balaban J connectivity index is 0.00000533. The van der Waals surface area contributed by atoms with Gasteiger partial charge in [0.1, 0.15) is 0 Å². The molecule has 1 heterocycles. The molecule has 2 aromatic carbocycles. The van der Waals surface area contributed by atoms with E-state index in [0.29, 0.717) is 0 Å². The van der Waals surface area contributed by atoms with Crippen LogP contribution in [-0.2, 0) is 33.3 Å². The molecule has 39 heavy (non-hydrogen) atoms. The van der Waals surface area contributed by atoms with Crippen molar-refractivity contribution in [3.05, 3.63) is 88.0 Å². The van der Waals surface area contributed by atoms with E-state index in [2.05, 4.69) is 75.4 Å². The predicted molar refractivity (Wildman–Crippen MR) is 165 cm³/mol. The molecule has 0 bridgehead atoms. The maximum Gasteiger partial charge on any atom is 0.210 e. The summed E-state index contributed by atoms with van der Waals surface area (Å²) in [6.07, 6.45) is 23.7. The molecule has 0 saturated heterocycles. The number of hydrogen-bond donors (Lipinski definition) is 0. The summed E-state index contributed by atoms with van der Waals surface area (Å²) >= 11 is 0. The third-order valence-electron chi connectivity index (χ3n) is 7.97. The fourth-order valence-electron chi connectivity index (χ4n) is 5.51. The topological polar surface area (TPSA) is 25.3 Å². The van der Waals surface area contributed by atoms with Gasteiger partial charge in [-0.3, -0.25) is 0 Å². The molecule has 0 fully saturated rings. The van der Waals surface area contributed by atoms with Gasteiger partial charge < -0.3 is 5.53 Å². The van der Waals surface area contributed by atoms with Gasteiger partial charge in [-0.05, 0) is 73.9 Å². The minimum absolute atomic E-state index is 0. The number of allylic oxidation sites excluding steroid dienone is 2. The summed E-state index contributed by atoms with van der Waals surface area (Å²) in [5.74, 6) is 0. The van der Waals surface area contributed by atoms with Crippen LogP contribution in [0.4, 0.5) is 0 Å². The smallest absolute Gasteiger partial charge is 0.210 e. The van der Waals surface area contributed by atoms with Gasteiger partial charge in [0.15, 0.2) is 0 Å². The van der Waals surface area contributed by atoms with Crippen LogP contribution < -0.4 is 0 Å². The van der Waals surface area contributed by atoms with Crippen LogP contribution in [0.25, 0.3) is 16.9 Å². The zero-order chi connectivity index (χ0) is 27.0. The van der Waals surface area contributed by atoms with E-state index < -0.39 is 0 Å². The molecule has 0 N–H and O–H groups in total. The van der Waals surface area contributed by atoms with Crippen LogP contribution in [0.2, 0.25) is 0 Å². The van der Waals surface area contributed by atoms with Gasteiger partial charge in [-0.25, -0.2) is 4.70 Å². The van der Waals surface area contributed by atoms with Gasteiger partial charge in [-0.1, -0.05) is 116 Å². The first-order valence-electron chi connectivity index (χ1n) is 15.8. The van der Waals surface area contributed by atoms with Gasteiger partial charge in [0.2, 0.25) is 11.4 Å². The monoisotopic (exact) mass is 618 g/mol. The van der Waals surface area contributed by atoms with Crippen molar-refractivity contribution in [2.75, 3.05) is 0 Å². The number of rotatable bonds is 19. The fraction of sp³-hybridized carbons (Fsp3) is 0.556. The Morgan fingerprint density at radius 1 is 0.513 bits per heavy atom. The summed E-state index contributed by atoms with van der Waals surface area (Å²) in [7, 11) is 0. The summed E-state index contributed by atoms with van der Waals surface area (Å²) in [5, 5.41) is 0. The molecule has 0 amide bonds. The molecule has 0 spiro atoms. The van der Waals surface area contributed by atoms with Gasteiger partial charge in [0, 0.05) is 43.2 Å². The average Bonchev–Trinajstić information content (AvgIpc) is 3.27. The standard InChI is InChI=1S/C36H52N2.Pd/c1-4-7-10-12-14-16-18-30-21-25-32(26-22-30)35-29-34(20-9-6-3)36(38(35)37)33-27-23-31(24-28-33)19-17-15-13-11-8-5-2;/h21-29H,4-20H2,1-3H3;. The molecule has 0 aromatic heterocycles. The molecule has 216 valence electrons. The van der Waals surface area contributed by atoms with Gasteiger partial charge in [-0.15, -0.1) is 0 Å². The van der Waals surface area contributed by atoms with Crippen LogP contribution in [0.5, 0.6) is 0 Å². The Labute approximate surface area is 253 Å². The first-order valence-corrected chi connectivity index (χ1v) is 15.8. The van der Waals surface area contributed by atoms with Crippen LogP contribution in [-0.4, -0.2) is 4.70 Å². The molecule has 2 aromatic rings. The second-order valence-corrected chi connectivity index (χ2v) is 11.2. The van der Waals surface area contributed by atoms with Crippen LogP contribution in [0, 0.1) is 0 Å². The van der Waals surface area contributed by atoms with Crippen LogP contribution in [0.3, 0.4) is 0 Å². The Bertz CT molecular complexity index is 1030. The van der Waals surface area contributed by atoms with Crippen molar-refractivity contribution < 1.29 is 25.1 Å². The maximum absolute atomic E-state index is 11.4. The van der Waals surface area contributed by atoms with Crippen molar-refractivity contribution in [1.29, 1.82) is 0 Å². The van der Waals surface area contributed by atoms with Gasteiger partial charge >= 0.3 is 0 Å². The molecule has 0 radical (unpaired) electrons. The number of unbranched alkanes of at least 4 members (excludes halogenated alkanes) is 11. The third-order valence-corrected chi connectivity index (χ3v) is 7.97. The van der Waals surface area contributed by atoms with Crippen molar-refractivity contribution in [2.24, 2.45) is 0 Å². The van der Waals surface area contributed by atoms with Gasteiger partial charge in [0.05, 0.1) is 0 Å². The van der Waals surface area contributed by atoms with Crippen LogP contribution in [0.1, 0.15) is 139 Å². The number of nitrogens with zero attached hydrogens (tertiary/aromatic N) is 2. The normalized spacial score (nSPS) is 13.1. The predicted octanol–water partition coefficient (Wildman–Crippen LogP) is 11.5. The van der Waals surface area contributed by atoms with Crippen molar-refractivity contribution >= 4 is 11.4 Å². The molecule has 0 saturated carbocycles. The van der Waals surface area contributed by atoms with Crippen molar-refractivity contribution in [3.8, 4) is 0 Å². The quantitative estimate of drug-likeness (QED) is 0.0850. The molecular formula is C36H52N2Pd. The zero-order valence-corrected chi connectivity index (χ0v) is 26.5. The molecule has 1 aliphatic heterocycles. The summed E-state index contributed by atoms with van der Waals surface area (Å²) < 4.78 is 1.44. The van der Waals surface area contributed by atoms with E-state index in [1.165, 1.54) is 98.4 Å². The largest absolute Gasteiger partial charge is 0.493 e. The van der Waals surface area contributed by atoms with E-state index in [0.717, 1.165) is 54.6 Å². The van der Waals surface area contributed by atoms with Crippen molar-refractivity contribution in [3.63, 3.8) is 0 Å². The van der Waals surface area contributed by atoms with Crippen molar-refractivity contribution in [1.82, 2.24) is 0 Å². The maximum atomic E-state index is 11.4. The van der Waals surface area contributed by atoms with E-state index >= 15 is 0 Å². The SMILES string of the molecule is CCCCCCCCc1ccc(C2=CC(CCCC)=C(c3ccc(CCCCCCCC)cc3)[N+]2=[N-])cc1.[Pd]. The van der Waals surface area contributed by atoms with E-state index in [9.17, 15) is 5.53 Å². The summed E-state index contributed by atoms with van der Waals surface area (Å²) in [5.41, 5.74) is 19.4. The summed E-state index contributed by atoms with van der Waals surface area (Å²) in [4.78, 5) is 0.